The fourth-order valence-corrected chi connectivity index (χ4v) is 5.29. The van der Waals surface area contributed by atoms with Gasteiger partial charge in [0.1, 0.15) is 11.9 Å². The second-order valence-corrected chi connectivity index (χ2v) is 11.2. The van der Waals surface area contributed by atoms with E-state index in [1.165, 1.54) is 23.5 Å². The number of hydrogen-bond donors (Lipinski definition) is 3. The van der Waals surface area contributed by atoms with Gasteiger partial charge in [0.25, 0.3) is 0 Å². The SMILES string of the molecule is COCCOC(CCOC)C(=O)NCc1ccc(-c2cc3nccc(Oc4ccc(NC(=O)NC5CC5)cc4F)c3s2)nc1. The maximum absolute atomic E-state index is 14.9. The molecule has 0 spiro atoms. The van der Waals surface area contributed by atoms with E-state index in [2.05, 4.69) is 25.9 Å². The number of nitrogens with zero attached hydrogens (tertiary/aromatic N) is 2. The largest absolute Gasteiger partial charge is 0.453 e. The third kappa shape index (κ3) is 8.47. The summed E-state index contributed by atoms with van der Waals surface area (Å²) in [5.74, 6) is -0.357. The Morgan fingerprint density at radius 3 is 2.59 bits per heavy atom. The Morgan fingerprint density at radius 2 is 1.86 bits per heavy atom. The van der Waals surface area contributed by atoms with Gasteiger partial charge in [0.2, 0.25) is 5.91 Å². The number of benzene rings is 1. The fourth-order valence-electron chi connectivity index (χ4n) is 4.25. The fraction of sp³-hybridized carbons (Fsp3) is 0.355. The zero-order chi connectivity index (χ0) is 30.9. The molecule has 1 aliphatic rings. The van der Waals surface area contributed by atoms with Crippen molar-refractivity contribution in [3.8, 4) is 22.1 Å². The maximum Gasteiger partial charge on any atom is 0.319 e. The van der Waals surface area contributed by atoms with Gasteiger partial charge in [-0.1, -0.05) is 6.07 Å². The molecule has 1 atom stereocenters. The maximum atomic E-state index is 14.9. The standard InChI is InChI=1S/C31H34FN5O6S/c1-40-12-10-27(42-14-13-41-2)30(38)35-18-19-3-7-23(34-17-19)28-16-24-29(44-28)26(9-11-33-24)43-25-8-6-21(15-22(25)32)37-31(39)36-20-4-5-20/h3,6-9,11,15-17,20,27H,4-5,10,12-14,18H2,1-2H3,(H,35,38)(H2,36,37,39). The summed E-state index contributed by atoms with van der Waals surface area (Å²) in [6, 6.07) is 11.5. The van der Waals surface area contributed by atoms with Crippen LogP contribution in [0.4, 0.5) is 14.9 Å². The summed E-state index contributed by atoms with van der Waals surface area (Å²) in [5.41, 5.74) is 2.57. The molecule has 13 heteroatoms. The number of rotatable bonds is 15. The Balaban J connectivity index is 1.22. The third-order valence-electron chi connectivity index (χ3n) is 6.73. The number of carbonyl (C=O) groups excluding carboxylic acids is 2. The first kappa shape index (κ1) is 31.3. The van der Waals surface area contributed by atoms with E-state index in [0.717, 1.165) is 33.7 Å². The molecule has 1 aromatic carbocycles. The Bertz CT molecular complexity index is 1580. The van der Waals surface area contributed by atoms with Gasteiger partial charge in [-0.2, -0.15) is 0 Å². The molecule has 0 saturated heterocycles. The van der Waals surface area contributed by atoms with Gasteiger partial charge in [0.05, 0.1) is 34.0 Å². The summed E-state index contributed by atoms with van der Waals surface area (Å²) >= 11 is 1.42. The van der Waals surface area contributed by atoms with E-state index >= 15 is 0 Å². The number of anilines is 1. The molecule has 0 bridgehead atoms. The van der Waals surface area contributed by atoms with Crippen LogP contribution in [0.3, 0.4) is 0 Å². The molecular formula is C31H34FN5O6S. The molecule has 11 nitrogen and oxygen atoms in total. The molecule has 3 amide bonds. The third-order valence-corrected chi connectivity index (χ3v) is 7.89. The highest BCUT2D eigenvalue weighted by Crippen LogP contribution is 2.39. The van der Waals surface area contributed by atoms with Crippen LogP contribution in [-0.4, -0.2) is 68.1 Å². The van der Waals surface area contributed by atoms with Crippen LogP contribution in [0.25, 0.3) is 20.8 Å². The topological polar surface area (TPSA) is 133 Å². The van der Waals surface area contributed by atoms with Gasteiger partial charge >= 0.3 is 6.03 Å². The number of aromatic nitrogens is 2. The highest BCUT2D eigenvalue weighted by molar-refractivity contribution is 7.22. The van der Waals surface area contributed by atoms with Crippen LogP contribution in [0.1, 0.15) is 24.8 Å². The summed E-state index contributed by atoms with van der Waals surface area (Å²) in [5, 5.41) is 8.33. The van der Waals surface area contributed by atoms with Gasteiger partial charge < -0.3 is 34.9 Å². The molecule has 232 valence electrons. The first-order valence-corrected chi connectivity index (χ1v) is 15.0. The van der Waals surface area contributed by atoms with E-state index in [1.807, 2.05) is 18.2 Å². The number of hydrogen-bond acceptors (Lipinski definition) is 9. The minimum atomic E-state index is -0.638. The molecule has 1 unspecified atom stereocenters. The van der Waals surface area contributed by atoms with Gasteiger partial charge in [-0.3, -0.25) is 14.8 Å². The molecule has 4 aromatic rings. The smallest absolute Gasteiger partial charge is 0.319 e. The summed E-state index contributed by atoms with van der Waals surface area (Å²) in [6.07, 6.45) is 5.02. The lowest BCUT2D eigenvalue weighted by atomic mass is 10.2. The van der Waals surface area contributed by atoms with Crippen LogP contribution in [0, 0.1) is 5.82 Å². The van der Waals surface area contributed by atoms with E-state index in [4.69, 9.17) is 18.9 Å². The Kier molecular flexibility index (Phi) is 10.7. The number of pyridine rings is 2. The van der Waals surface area contributed by atoms with Crippen LogP contribution in [0.2, 0.25) is 0 Å². The molecule has 5 rings (SSSR count). The van der Waals surface area contributed by atoms with Crippen LogP contribution in [-0.2, 0) is 25.5 Å². The van der Waals surface area contributed by atoms with Gasteiger partial charge in [-0.15, -0.1) is 11.3 Å². The summed E-state index contributed by atoms with van der Waals surface area (Å²) < 4.78 is 37.3. The molecular weight excluding hydrogens is 589 g/mol. The van der Waals surface area contributed by atoms with Gasteiger partial charge in [0, 0.05) is 70.0 Å². The molecule has 3 heterocycles. The lowest BCUT2D eigenvalue weighted by Gasteiger charge is -2.17. The molecule has 3 aromatic heterocycles. The van der Waals surface area contributed by atoms with Crippen molar-refractivity contribution in [3.05, 3.63) is 66.2 Å². The van der Waals surface area contributed by atoms with E-state index < -0.39 is 11.9 Å². The molecule has 3 N–H and O–H groups in total. The van der Waals surface area contributed by atoms with Crippen molar-refractivity contribution in [2.75, 3.05) is 39.4 Å². The zero-order valence-electron chi connectivity index (χ0n) is 24.4. The molecule has 1 saturated carbocycles. The highest BCUT2D eigenvalue weighted by Gasteiger charge is 2.23. The van der Waals surface area contributed by atoms with Crippen LogP contribution in [0.5, 0.6) is 11.5 Å². The first-order valence-electron chi connectivity index (χ1n) is 14.2. The number of amides is 3. The quantitative estimate of drug-likeness (QED) is 0.153. The highest BCUT2D eigenvalue weighted by atomic mass is 32.1. The van der Waals surface area contributed by atoms with Crippen molar-refractivity contribution in [1.82, 2.24) is 20.6 Å². The predicted octanol–water partition coefficient (Wildman–Crippen LogP) is 5.26. The number of nitrogens with one attached hydrogen (secondary N) is 3. The number of urea groups is 1. The summed E-state index contributed by atoms with van der Waals surface area (Å²) in [6.45, 7) is 1.40. The predicted molar refractivity (Wildman–Crippen MR) is 164 cm³/mol. The number of carbonyl (C=O) groups is 2. The monoisotopic (exact) mass is 623 g/mol. The second kappa shape index (κ2) is 15.0. The normalized spacial score (nSPS) is 13.4. The molecule has 1 aliphatic carbocycles. The van der Waals surface area contributed by atoms with Crippen molar-refractivity contribution < 1.29 is 32.9 Å². The lowest BCUT2D eigenvalue weighted by Crippen LogP contribution is -2.37. The van der Waals surface area contributed by atoms with E-state index in [0.29, 0.717) is 49.7 Å². The Labute approximate surface area is 258 Å². The van der Waals surface area contributed by atoms with Crippen LogP contribution < -0.4 is 20.7 Å². The Hall–Kier alpha value is -4.17. The second-order valence-electron chi connectivity index (χ2n) is 10.2. The van der Waals surface area contributed by atoms with Crippen molar-refractivity contribution in [3.63, 3.8) is 0 Å². The number of halogens is 1. The van der Waals surface area contributed by atoms with E-state index in [9.17, 15) is 14.0 Å². The number of ether oxygens (including phenoxy) is 4. The molecule has 0 aliphatic heterocycles. The number of methoxy groups -OCH3 is 2. The minimum Gasteiger partial charge on any atom is -0.453 e. The first-order chi connectivity index (χ1) is 21.4. The van der Waals surface area contributed by atoms with Crippen molar-refractivity contribution >= 4 is 39.2 Å². The van der Waals surface area contributed by atoms with Crippen LogP contribution >= 0.6 is 11.3 Å². The van der Waals surface area contributed by atoms with Crippen molar-refractivity contribution in [1.29, 1.82) is 0 Å². The van der Waals surface area contributed by atoms with Crippen molar-refractivity contribution in [2.24, 2.45) is 0 Å². The number of thiophene rings is 1. The molecule has 1 fully saturated rings. The van der Waals surface area contributed by atoms with Gasteiger partial charge in [-0.25, -0.2) is 9.18 Å². The zero-order valence-corrected chi connectivity index (χ0v) is 25.2. The Morgan fingerprint density at radius 1 is 1.02 bits per heavy atom. The average molecular weight is 624 g/mol. The molecule has 44 heavy (non-hydrogen) atoms. The molecule has 0 radical (unpaired) electrons. The minimum absolute atomic E-state index is 0.0266. The summed E-state index contributed by atoms with van der Waals surface area (Å²) in [4.78, 5) is 34.5. The van der Waals surface area contributed by atoms with Crippen LogP contribution in [0.15, 0.2) is 54.9 Å². The lowest BCUT2D eigenvalue weighted by molar-refractivity contribution is -0.135. The summed E-state index contributed by atoms with van der Waals surface area (Å²) in [7, 11) is 3.15. The average Bonchev–Trinajstić information content (AvgIpc) is 3.72. The van der Waals surface area contributed by atoms with E-state index in [-0.39, 0.29) is 23.7 Å². The number of fused-ring (bicyclic) bond motifs is 1. The van der Waals surface area contributed by atoms with Gasteiger partial charge in [-0.05, 0) is 42.7 Å². The van der Waals surface area contributed by atoms with Crippen molar-refractivity contribution in [2.45, 2.75) is 38.0 Å². The van der Waals surface area contributed by atoms with E-state index in [1.54, 1.807) is 38.7 Å². The van der Waals surface area contributed by atoms with Gasteiger partial charge in [0.15, 0.2) is 11.6 Å².